The third-order valence-corrected chi connectivity index (χ3v) is 4.72. The van der Waals surface area contributed by atoms with Gasteiger partial charge in [-0.05, 0) is 59.7 Å². The summed E-state index contributed by atoms with van der Waals surface area (Å²) in [6, 6.07) is 15.2. The Kier molecular flexibility index (Phi) is 7.53. The molecule has 36 heavy (non-hydrogen) atoms. The largest absolute Gasteiger partial charge is 0.573 e. The van der Waals surface area contributed by atoms with Crippen molar-refractivity contribution in [1.82, 2.24) is 0 Å². The van der Waals surface area contributed by atoms with Crippen molar-refractivity contribution in [3.8, 4) is 11.8 Å². The van der Waals surface area contributed by atoms with Gasteiger partial charge in [-0.25, -0.2) is 4.79 Å². The number of nitriles is 1. The topological polar surface area (TPSA) is 91.7 Å². The highest BCUT2D eigenvalue weighted by Gasteiger charge is 2.32. The van der Waals surface area contributed by atoms with Gasteiger partial charge in [0.1, 0.15) is 5.75 Å². The number of anilines is 1. The van der Waals surface area contributed by atoms with Crippen LogP contribution in [0.5, 0.6) is 5.75 Å². The van der Waals surface area contributed by atoms with Crippen LogP contribution < -0.4 is 15.5 Å². The van der Waals surface area contributed by atoms with Crippen molar-refractivity contribution in [3.63, 3.8) is 0 Å². The number of carbonyl (C=O) groups excluding carboxylic acids is 1. The lowest BCUT2D eigenvalue weighted by Crippen LogP contribution is -2.32. The molecule has 3 rings (SSSR count). The van der Waals surface area contributed by atoms with Crippen LogP contribution in [0, 0.1) is 11.3 Å². The van der Waals surface area contributed by atoms with Gasteiger partial charge in [-0.1, -0.05) is 24.3 Å². The van der Waals surface area contributed by atoms with Crippen molar-refractivity contribution in [3.05, 3.63) is 95.1 Å². The maximum atomic E-state index is 13.3. The average Bonchev–Trinajstić information content (AvgIpc) is 2.81. The molecular formula is C24H16F6N4O2. The molecule has 3 aromatic rings. The minimum Gasteiger partial charge on any atom is -0.406 e. The van der Waals surface area contributed by atoms with Crippen LogP contribution in [0.3, 0.4) is 0 Å². The Morgan fingerprint density at radius 1 is 0.972 bits per heavy atom. The van der Waals surface area contributed by atoms with E-state index in [0.29, 0.717) is 16.1 Å². The first-order chi connectivity index (χ1) is 16.9. The van der Waals surface area contributed by atoms with E-state index in [2.05, 4.69) is 9.84 Å². The fourth-order valence-electron chi connectivity index (χ4n) is 3.10. The predicted octanol–water partition coefficient (Wildman–Crippen LogP) is 6.01. The molecule has 0 heterocycles. The van der Waals surface area contributed by atoms with Gasteiger partial charge in [0.15, 0.2) is 0 Å². The molecule has 0 saturated carbocycles. The molecule has 0 aliphatic rings. The number of halogens is 6. The summed E-state index contributed by atoms with van der Waals surface area (Å²) in [5.41, 5.74) is 5.35. The zero-order valence-electron chi connectivity index (χ0n) is 18.1. The van der Waals surface area contributed by atoms with Crippen molar-refractivity contribution in [2.75, 3.05) is 5.01 Å². The van der Waals surface area contributed by atoms with E-state index in [1.54, 1.807) is 12.1 Å². The van der Waals surface area contributed by atoms with Crippen LogP contribution >= 0.6 is 0 Å². The third kappa shape index (κ3) is 6.99. The summed E-state index contributed by atoms with van der Waals surface area (Å²) in [6.45, 7) is 0. The number of primary amides is 1. The summed E-state index contributed by atoms with van der Waals surface area (Å²) in [7, 11) is 0. The summed E-state index contributed by atoms with van der Waals surface area (Å²) in [6.07, 6.45) is -9.64. The number of hydrazone groups is 1. The Hall–Kier alpha value is -4.53. The van der Waals surface area contributed by atoms with E-state index in [0.717, 1.165) is 36.4 Å². The number of ether oxygens (including phenoxy) is 1. The fraction of sp³-hybridized carbons (Fsp3) is 0.125. The van der Waals surface area contributed by atoms with Crippen LogP contribution in [0.15, 0.2) is 77.9 Å². The summed E-state index contributed by atoms with van der Waals surface area (Å²) in [5, 5.41) is 13.8. The van der Waals surface area contributed by atoms with Gasteiger partial charge >= 0.3 is 18.6 Å². The minimum absolute atomic E-state index is 0.000209. The molecule has 6 nitrogen and oxygen atoms in total. The van der Waals surface area contributed by atoms with Crippen LogP contribution in [0.25, 0.3) is 0 Å². The number of carbonyl (C=O) groups is 1. The second-order valence-electron chi connectivity index (χ2n) is 7.30. The standard InChI is InChI=1S/C24H16F6N4O2/c25-23(26,27)18-3-1-2-17(13-18)21(12-15-4-6-16(14-31)7-5-15)33-34(22(32)35)19-8-10-20(11-9-19)36-24(28,29)30/h1-11,13H,12H2,(H2,32,35)/b33-21-. The monoisotopic (exact) mass is 506 g/mol. The van der Waals surface area contributed by atoms with Gasteiger partial charge in [0, 0.05) is 6.42 Å². The molecule has 186 valence electrons. The lowest BCUT2D eigenvalue weighted by Gasteiger charge is -2.19. The molecule has 2 N–H and O–H groups in total. The van der Waals surface area contributed by atoms with Gasteiger partial charge in [0.25, 0.3) is 0 Å². The van der Waals surface area contributed by atoms with Crippen molar-refractivity contribution in [2.24, 2.45) is 10.8 Å². The fourth-order valence-corrected chi connectivity index (χ4v) is 3.10. The number of amides is 2. The average molecular weight is 506 g/mol. The molecule has 0 aliphatic carbocycles. The van der Waals surface area contributed by atoms with E-state index in [-0.39, 0.29) is 23.4 Å². The van der Waals surface area contributed by atoms with E-state index in [4.69, 9.17) is 11.0 Å². The van der Waals surface area contributed by atoms with Crippen LogP contribution in [0.4, 0.5) is 36.8 Å². The van der Waals surface area contributed by atoms with Gasteiger partial charge in [0.2, 0.25) is 0 Å². The summed E-state index contributed by atoms with van der Waals surface area (Å²) < 4.78 is 81.0. The number of hydrogen-bond acceptors (Lipinski definition) is 4. The van der Waals surface area contributed by atoms with Crippen LogP contribution in [0.2, 0.25) is 0 Å². The lowest BCUT2D eigenvalue weighted by molar-refractivity contribution is -0.274. The van der Waals surface area contributed by atoms with E-state index in [9.17, 15) is 31.1 Å². The van der Waals surface area contributed by atoms with Crippen LogP contribution in [-0.2, 0) is 12.6 Å². The maximum Gasteiger partial charge on any atom is 0.573 e. The van der Waals surface area contributed by atoms with Crippen molar-refractivity contribution in [2.45, 2.75) is 19.0 Å². The van der Waals surface area contributed by atoms with Gasteiger partial charge in [-0.2, -0.15) is 28.5 Å². The lowest BCUT2D eigenvalue weighted by atomic mass is 9.99. The number of nitrogens with zero attached hydrogens (tertiary/aromatic N) is 3. The second-order valence-corrected chi connectivity index (χ2v) is 7.30. The molecule has 12 heteroatoms. The number of rotatable bonds is 6. The van der Waals surface area contributed by atoms with Gasteiger partial charge < -0.3 is 10.5 Å². The predicted molar refractivity (Wildman–Crippen MR) is 118 cm³/mol. The molecule has 3 aromatic carbocycles. The maximum absolute atomic E-state index is 13.3. The van der Waals surface area contributed by atoms with E-state index in [1.807, 2.05) is 6.07 Å². The Bertz CT molecular complexity index is 1290. The van der Waals surface area contributed by atoms with E-state index in [1.165, 1.54) is 24.3 Å². The molecule has 0 radical (unpaired) electrons. The molecule has 2 amide bonds. The number of alkyl halides is 6. The molecule has 0 aromatic heterocycles. The zero-order chi connectivity index (χ0) is 26.5. The smallest absolute Gasteiger partial charge is 0.406 e. The Morgan fingerprint density at radius 3 is 2.14 bits per heavy atom. The van der Waals surface area contributed by atoms with Crippen molar-refractivity contribution < 1.29 is 35.9 Å². The quantitative estimate of drug-likeness (QED) is 0.252. The van der Waals surface area contributed by atoms with Gasteiger partial charge in [-0.3, -0.25) is 0 Å². The first-order valence-electron chi connectivity index (χ1n) is 10.1. The number of urea groups is 1. The normalized spacial score (nSPS) is 12.1. The highest BCUT2D eigenvalue weighted by Crippen LogP contribution is 2.30. The molecular weight excluding hydrogens is 490 g/mol. The SMILES string of the molecule is N#Cc1ccc(C/C(=N/N(C(N)=O)c2ccc(OC(F)(F)F)cc2)c2cccc(C(F)(F)F)c2)cc1. The van der Waals surface area contributed by atoms with Crippen LogP contribution in [0.1, 0.15) is 22.3 Å². The molecule has 0 bridgehead atoms. The van der Waals surface area contributed by atoms with E-state index < -0.39 is 29.9 Å². The number of nitrogens with two attached hydrogens (primary N) is 1. The number of benzene rings is 3. The molecule has 0 saturated heterocycles. The molecule has 0 unspecified atom stereocenters. The van der Waals surface area contributed by atoms with E-state index >= 15 is 0 Å². The van der Waals surface area contributed by atoms with Crippen LogP contribution in [-0.4, -0.2) is 18.1 Å². The zero-order valence-corrected chi connectivity index (χ0v) is 18.1. The number of hydrogen-bond donors (Lipinski definition) is 1. The minimum atomic E-state index is -4.93. The molecule has 0 aliphatic heterocycles. The first kappa shape index (κ1) is 26.1. The molecule has 0 fully saturated rings. The molecule has 0 spiro atoms. The summed E-state index contributed by atoms with van der Waals surface area (Å²) in [4.78, 5) is 12.2. The second kappa shape index (κ2) is 10.4. The first-order valence-corrected chi connectivity index (χ1v) is 10.1. The summed E-state index contributed by atoms with van der Waals surface area (Å²) in [5.74, 6) is -0.560. The summed E-state index contributed by atoms with van der Waals surface area (Å²) >= 11 is 0. The Balaban J connectivity index is 2.06. The Morgan fingerprint density at radius 2 is 1.61 bits per heavy atom. The highest BCUT2D eigenvalue weighted by atomic mass is 19.4. The Labute approximate surface area is 200 Å². The van der Waals surface area contributed by atoms with Crippen molar-refractivity contribution in [1.29, 1.82) is 5.26 Å². The third-order valence-electron chi connectivity index (χ3n) is 4.72. The van der Waals surface area contributed by atoms with Crippen molar-refractivity contribution >= 4 is 17.4 Å². The molecule has 0 atom stereocenters. The van der Waals surface area contributed by atoms with Gasteiger partial charge in [0.05, 0.1) is 28.6 Å². The van der Waals surface area contributed by atoms with Gasteiger partial charge in [-0.15, -0.1) is 13.2 Å². The highest BCUT2D eigenvalue weighted by molar-refractivity contribution is 6.04.